The average Bonchev–Trinajstić information content (AvgIpc) is 2.67. The summed E-state index contributed by atoms with van der Waals surface area (Å²) in [7, 11) is 0. The van der Waals surface area contributed by atoms with Crippen molar-refractivity contribution in [2.75, 3.05) is 13.2 Å². The van der Waals surface area contributed by atoms with Crippen molar-refractivity contribution in [1.82, 2.24) is 15.5 Å². The van der Waals surface area contributed by atoms with Gasteiger partial charge in [0.05, 0.1) is 13.2 Å². The van der Waals surface area contributed by atoms with E-state index in [1.807, 2.05) is 20.8 Å². The Balaban J connectivity index is 2.27. The molecule has 1 heterocycles. The smallest absolute Gasteiger partial charge is 0.372 e. The van der Waals surface area contributed by atoms with Gasteiger partial charge in [-0.05, 0) is 20.8 Å². The van der Waals surface area contributed by atoms with E-state index in [1.54, 1.807) is 0 Å². The quantitative estimate of drug-likeness (QED) is 0.820. The van der Waals surface area contributed by atoms with Gasteiger partial charge in [-0.15, -0.1) is 21.5 Å². The third kappa shape index (κ3) is 8.12. The lowest BCUT2D eigenvalue weighted by Crippen LogP contribution is -2.35. The normalized spacial score (nSPS) is 12.9. The summed E-state index contributed by atoms with van der Waals surface area (Å²) >= 11 is 1.39. The molecule has 19 heavy (non-hydrogen) atoms. The molecule has 1 N–H and O–H groups in total. The lowest BCUT2D eigenvalue weighted by atomic mass is 10.1. The summed E-state index contributed by atoms with van der Waals surface area (Å²) in [5, 5.41) is 12.7. The maximum Gasteiger partial charge on any atom is 0.411 e. The highest BCUT2D eigenvalue weighted by atomic mass is 32.1. The Morgan fingerprint density at radius 1 is 1.16 bits per heavy atom. The highest BCUT2D eigenvalue weighted by Crippen LogP contribution is 2.15. The Bertz CT molecular complexity index is 387. The number of rotatable bonds is 6. The predicted molar refractivity (Wildman–Crippen MR) is 67.1 cm³/mol. The third-order valence-corrected chi connectivity index (χ3v) is 2.99. The van der Waals surface area contributed by atoms with E-state index in [2.05, 4.69) is 20.3 Å². The second-order valence-corrected chi connectivity index (χ2v) is 6.26. The highest BCUT2D eigenvalue weighted by molar-refractivity contribution is 7.11. The summed E-state index contributed by atoms with van der Waals surface area (Å²) in [5.41, 5.74) is -0.0122. The molecule has 0 saturated heterocycles. The van der Waals surface area contributed by atoms with Gasteiger partial charge in [0.1, 0.15) is 16.6 Å². The van der Waals surface area contributed by atoms with E-state index in [1.165, 1.54) is 11.3 Å². The van der Waals surface area contributed by atoms with Gasteiger partial charge in [0.15, 0.2) is 0 Å². The van der Waals surface area contributed by atoms with Crippen LogP contribution >= 0.6 is 11.3 Å². The number of nitrogens with one attached hydrogen (secondary N) is 1. The molecule has 0 aliphatic rings. The minimum atomic E-state index is -4.27. The molecule has 8 heteroatoms. The first kappa shape index (κ1) is 16.3. The molecule has 0 fully saturated rings. The Morgan fingerprint density at radius 2 is 1.79 bits per heavy atom. The monoisotopic (exact) mass is 297 g/mol. The molecule has 0 bridgehead atoms. The Morgan fingerprint density at radius 3 is 2.37 bits per heavy atom. The van der Waals surface area contributed by atoms with Crippen LogP contribution in [0.4, 0.5) is 13.2 Å². The van der Waals surface area contributed by atoms with Crippen LogP contribution in [-0.2, 0) is 17.7 Å². The van der Waals surface area contributed by atoms with E-state index < -0.39 is 12.8 Å². The molecule has 0 saturated carbocycles. The molecule has 110 valence electrons. The summed E-state index contributed by atoms with van der Waals surface area (Å²) in [5.74, 6) is 0. The maximum atomic E-state index is 11.8. The summed E-state index contributed by atoms with van der Waals surface area (Å²) in [6.07, 6.45) is -3.92. The number of hydrogen-bond donors (Lipinski definition) is 1. The lowest BCUT2D eigenvalue weighted by Gasteiger charge is -2.19. The topological polar surface area (TPSA) is 47.0 Å². The van der Waals surface area contributed by atoms with Crippen LogP contribution in [0.2, 0.25) is 0 Å². The summed E-state index contributed by atoms with van der Waals surface area (Å²) in [6, 6.07) is 0. The van der Waals surface area contributed by atoms with Crippen LogP contribution < -0.4 is 5.32 Å². The van der Waals surface area contributed by atoms with Crippen molar-refractivity contribution in [3.63, 3.8) is 0 Å². The first-order valence-electron chi connectivity index (χ1n) is 5.86. The molecule has 0 atom stereocenters. The zero-order valence-electron chi connectivity index (χ0n) is 11.2. The molecule has 0 radical (unpaired) electrons. The molecule has 0 spiro atoms. The minimum Gasteiger partial charge on any atom is -0.372 e. The Kier molecular flexibility index (Phi) is 5.69. The van der Waals surface area contributed by atoms with E-state index in [4.69, 9.17) is 0 Å². The first-order chi connectivity index (χ1) is 8.66. The fraction of sp³-hybridized carbons (Fsp3) is 0.818. The number of hydrogen-bond acceptors (Lipinski definition) is 5. The van der Waals surface area contributed by atoms with Crippen molar-refractivity contribution in [3.8, 4) is 0 Å². The van der Waals surface area contributed by atoms with E-state index in [9.17, 15) is 13.2 Å². The first-order valence-corrected chi connectivity index (χ1v) is 6.68. The van der Waals surface area contributed by atoms with Crippen molar-refractivity contribution in [2.45, 2.75) is 45.5 Å². The largest absolute Gasteiger partial charge is 0.411 e. The molecule has 4 nitrogen and oxygen atoms in total. The van der Waals surface area contributed by atoms with E-state index in [-0.39, 0.29) is 12.1 Å². The van der Waals surface area contributed by atoms with Gasteiger partial charge < -0.3 is 10.1 Å². The van der Waals surface area contributed by atoms with Gasteiger partial charge in [-0.1, -0.05) is 0 Å². The van der Waals surface area contributed by atoms with Gasteiger partial charge in [0.25, 0.3) is 0 Å². The van der Waals surface area contributed by atoms with Crippen molar-refractivity contribution in [3.05, 3.63) is 10.0 Å². The van der Waals surface area contributed by atoms with Crippen LogP contribution in [0, 0.1) is 0 Å². The summed E-state index contributed by atoms with van der Waals surface area (Å²) in [4.78, 5) is 0. The molecule has 0 aliphatic heterocycles. The van der Waals surface area contributed by atoms with Gasteiger partial charge >= 0.3 is 6.18 Å². The molecule has 1 rings (SSSR count). The van der Waals surface area contributed by atoms with Gasteiger partial charge in [-0.3, -0.25) is 0 Å². The predicted octanol–water partition coefficient (Wildman–Crippen LogP) is 2.55. The standard InChI is InChI=1S/C11H18F3N3OS/c1-10(2,3)15-6-9-17-16-8(19-9)4-5-18-7-11(12,13)14/h15H,4-7H2,1-3H3. The van der Waals surface area contributed by atoms with Crippen LogP contribution in [0.5, 0.6) is 0 Å². The van der Waals surface area contributed by atoms with Gasteiger partial charge in [0, 0.05) is 12.0 Å². The van der Waals surface area contributed by atoms with Crippen molar-refractivity contribution in [1.29, 1.82) is 0 Å². The number of aromatic nitrogens is 2. The molecule has 0 amide bonds. The molecule has 0 aromatic carbocycles. The Hall–Kier alpha value is -0.730. The molecule has 1 aromatic heterocycles. The molecule has 0 aliphatic carbocycles. The maximum absolute atomic E-state index is 11.8. The highest BCUT2D eigenvalue weighted by Gasteiger charge is 2.27. The zero-order chi connectivity index (χ0) is 14.5. The average molecular weight is 297 g/mol. The van der Waals surface area contributed by atoms with Crippen LogP contribution in [-0.4, -0.2) is 35.1 Å². The van der Waals surface area contributed by atoms with Crippen LogP contribution in [0.3, 0.4) is 0 Å². The fourth-order valence-corrected chi connectivity index (χ4v) is 1.91. The van der Waals surface area contributed by atoms with E-state index in [0.29, 0.717) is 18.0 Å². The van der Waals surface area contributed by atoms with Crippen molar-refractivity contribution in [2.24, 2.45) is 0 Å². The summed E-state index contributed by atoms with van der Waals surface area (Å²) in [6.45, 7) is 5.51. The zero-order valence-corrected chi connectivity index (χ0v) is 12.0. The molecular formula is C11H18F3N3OS. The van der Waals surface area contributed by atoms with Crippen LogP contribution in [0.15, 0.2) is 0 Å². The Labute approximate surface area is 114 Å². The molecule has 1 aromatic rings. The van der Waals surface area contributed by atoms with Gasteiger partial charge in [0.2, 0.25) is 0 Å². The van der Waals surface area contributed by atoms with Crippen molar-refractivity contribution >= 4 is 11.3 Å². The second-order valence-electron chi connectivity index (χ2n) is 5.11. The second kappa shape index (κ2) is 6.62. The number of ether oxygens (including phenoxy) is 1. The van der Waals surface area contributed by atoms with Crippen LogP contribution in [0.25, 0.3) is 0 Å². The SMILES string of the molecule is CC(C)(C)NCc1nnc(CCOCC(F)(F)F)s1. The third-order valence-electron chi connectivity index (χ3n) is 2.00. The number of nitrogens with zero attached hydrogens (tertiary/aromatic N) is 2. The van der Waals surface area contributed by atoms with Gasteiger partial charge in [-0.25, -0.2) is 0 Å². The fourth-order valence-electron chi connectivity index (χ4n) is 1.15. The lowest BCUT2D eigenvalue weighted by molar-refractivity contribution is -0.173. The number of alkyl halides is 3. The molecular weight excluding hydrogens is 279 g/mol. The van der Waals surface area contributed by atoms with Gasteiger partial charge in [-0.2, -0.15) is 13.2 Å². The van der Waals surface area contributed by atoms with Crippen molar-refractivity contribution < 1.29 is 17.9 Å². The number of halogens is 3. The van der Waals surface area contributed by atoms with Crippen LogP contribution in [0.1, 0.15) is 30.8 Å². The van der Waals surface area contributed by atoms with E-state index in [0.717, 1.165) is 5.01 Å². The van der Waals surface area contributed by atoms with E-state index >= 15 is 0 Å². The summed E-state index contributed by atoms with van der Waals surface area (Å²) < 4.78 is 40.0. The minimum absolute atomic E-state index is 0.000836. The molecule has 0 unspecified atom stereocenters.